The molecule has 0 fully saturated rings. The number of hydrogen-bond acceptors (Lipinski definition) is 5. The Morgan fingerprint density at radius 1 is 1.38 bits per heavy atom. The molecule has 0 aliphatic carbocycles. The lowest BCUT2D eigenvalue weighted by molar-refractivity contribution is 0.0526. The van der Waals surface area contributed by atoms with Gasteiger partial charge in [-0.2, -0.15) is 5.26 Å². The lowest BCUT2D eigenvalue weighted by Crippen LogP contribution is -2.35. The van der Waals surface area contributed by atoms with Gasteiger partial charge in [0.1, 0.15) is 0 Å². The summed E-state index contributed by atoms with van der Waals surface area (Å²) in [5.41, 5.74) is 2.14. The molecular formula is C19H20N4O2S. The number of anilines is 1. The average molecular weight is 368 g/mol. The van der Waals surface area contributed by atoms with Crippen LogP contribution in [0.1, 0.15) is 29.3 Å². The van der Waals surface area contributed by atoms with Crippen LogP contribution in [0.4, 0.5) is 5.69 Å². The number of nitrogens with one attached hydrogen (secondary N) is 1. The SMILES string of the molecule is CCOC(=O)c1cccc(NC(=S)N(CCC#N)Cc2cccnc2)c1. The van der Waals surface area contributed by atoms with Crippen molar-refractivity contribution in [3.8, 4) is 6.07 Å². The van der Waals surface area contributed by atoms with E-state index in [2.05, 4.69) is 16.4 Å². The summed E-state index contributed by atoms with van der Waals surface area (Å²) in [6.45, 7) is 3.12. The molecule has 134 valence electrons. The Morgan fingerprint density at radius 2 is 2.23 bits per heavy atom. The van der Waals surface area contributed by atoms with Crippen molar-refractivity contribution in [1.82, 2.24) is 9.88 Å². The quantitative estimate of drug-likeness (QED) is 0.593. The molecule has 0 amide bonds. The topological polar surface area (TPSA) is 78.2 Å². The summed E-state index contributed by atoms with van der Waals surface area (Å²) in [6.07, 6.45) is 3.83. The van der Waals surface area contributed by atoms with Crippen molar-refractivity contribution in [1.29, 1.82) is 5.26 Å². The van der Waals surface area contributed by atoms with Gasteiger partial charge in [-0.25, -0.2) is 4.79 Å². The van der Waals surface area contributed by atoms with E-state index in [0.717, 1.165) is 5.56 Å². The van der Waals surface area contributed by atoms with Crippen molar-refractivity contribution in [2.45, 2.75) is 19.9 Å². The van der Waals surface area contributed by atoms with E-state index in [1.165, 1.54) is 0 Å². The Kier molecular flexibility index (Phi) is 7.52. The highest BCUT2D eigenvalue weighted by Gasteiger charge is 2.12. The number of pyridine rings is 1. The molecule has 26 heavy (non-hydrogen) atoms. The molecule has 0 radical (unpaired) electrons. The monoisotopic (exact) mass is 368 g/mol. The number of carbonyl (C=O) groups is 1. The van der Waals surface area contributed by atoms with Gasteiger partial charge in [-0.05, 0) is 49.0 Å². The van der Waals surface area contributed by atoms with Crippen molar-refractivity contribution in [2.24, 2.45) is 0 Å². The van der Waals surface area contributed by atoms with E-state index in [1.807, 2.05) is 23.1 Å². The molecule has 0 spiro atoms. The molecule has 6 nitrogen and oxygen atoms in total. The van der Waals surface area contributed by atoms with Crippen molar-refractivity contribution in [3.05, 3.63) is 59.9 Å². The summed E-state index contributed by atoms with van der Waals surface area (Å²) < 4.78 is 5.01. The zero-order valence-electron chi connectivity index (χ0n) is 14.5. The number of rotatable bonds is 7. The van der Waals surface area contributed by atoms with Crippen LogP contribution in [-0.2, 0) is 11.3 Å². The molecule has 1 heterocycles. The number of nitriles is 1. The molecule has 0 bridgehead atoms. The molecule has 2 rings (SSSR count). The third-order valence-electron chi connectivity index (χ3n) is 3.50. The van der Waals surface area contributed by atoms with Gasteiger partial charge in [-0.3, -0.25) is 4.98 Å². The molecule has 0 saturated carbocycles. The number of aromatic nitrogens is 1. The molecular weight excluding hydrogens is 348 g/mol. The minimum absolute atomic E-state index is 0.321. The van der Waals surface area contributed by atoms with Crippen molar-refractivity contribution < 1.29 is 9.53 Å². The highest BCUT2D eigenvalue weighted by molar-refractivity contribution is 7.80. The zero-order valence-corrected chi connectivity index (χ0v) is 15.3. The summed E-state index contributed by atoms with van der Waals surface area (Å²) in [5, 5.41) is 12.5. The van der Waals surface area contributed by atoms with Crippen molar-refractivity contribution in [2.75, 3.05) is 18.5 Å². The van der Waals surface area contributed by atoms with E-state index in [-0.39, 0.29) is 5.97 Å². The van der Waals surface area contributed by atoms with Crippen LogP contribution in [0.5, 0.6) is 0 Å². The Bertz CT molecular complexity index is 790. The maximum Gasteiger partial charge on any atom is 0.338 e. The van der Waals surface area contributed by atoms with Crippen molar-refractivity contribution in [3.63, 3.8) is 0 Å². The van der Waals surface area contributed by atoms with Gasteiger partial charge < -0.3 is 15.0 Å². The number of benzene rings is 1. The van der Waals surface area contributed by atoms with Gasteiger partial charge >= 0.3 is 5.97 Å². The van der Waals surface area contributed by atoms with Crippen LogP contribution in [0, 0.1) is 11.3 Å². The molecule has 7 heteroatoms. The maximum atomic E-state index is 11.9. The minimum atomic E-state index is -0.376. The van der Waals surface area contributed by atoms with Crippen LogP contribution in [0.2, 0.25) is 0 Å². The number of thiocarbonyl (C=S) groups is 1. The molecule has 2 aromatic rings. The fourth-order valence-corrected chi connectivity index (χ4v) is 2.56. The van der Waals surface area contributed by atoms with Crippen LogP contribution in [0.15, 0.2) is 48.8 Å². The molecule has 0 saturated heterocycles. The second kappa shape index (κ2) is 10.1. The van der Waals surface area contributed by atoms with E-state index in [0.29, 0.717) is 42.5 Å². The molecule has 1 N–H and O–H groups in total. The molecule has 0 aliphatic rings. The second-order valence-corrected chi connectivity index (χ2v) is 5.81. The number of carbonyl (C=O) groups excluding carboxylic acids is 1. The van der Waals surface area contributed by atoms with Crippen molar-refractivity contribution >= 4 is 29.0 Å². The largest absolute Gasteiger partial charge is 0.462 e. The van der Waals surface area contributed by atoms with E-state index in [1.54, 1.807) is 37.5 Å². The molecule has 0 unspecified atom stereocenters. The fourth-order valence-electron chi connectivity index (χ4n) is 2.29. The number of hydrogen-bond donors (Lipinski definition) is 1. The van der Waals surface area contributed by atoms with E-state index >= 15 is 0 Å². The average Bonchev–Trinajstić information content (AvgIpc) is 2.66. The van der Waals surface area contributed by atoms with Gasteiger partial charge in [-0.15, -0.1) is 0 Å². The first-order valence-corrected chi connectivity index (χ1v) is 8.63. The number of esters is 1. The third kappa shape index (κ3) is 5.83. The Hall–Kier alpha value is -2.98. The van der Waals surface area contributed by atoms with E-state index < -0.39 is 0 Å². The summed E-state index contributed by atoms with van der Waals surface area (Å²) in [7, 11) is 0. The van der Waals surface area contributed by atoms with Gasteiger partial charge in [0, 0.05) is 31.2 Å². The Labute approximate surface area is 158 Å². The van der Waals surface area contributed by atoms with Crippen LogP contribution in [-0.4, -0.2) is 34.1 Å². The lowest BCUT2D eigenvalue weighted by atomic mass is 10.2. The Morgan fingerprint density at radius 3 is 2.92 bits per heavy atom. The highest BCUT2D eigenvalue weighted by atomic mass is 32.1. The fraction of sp³-hybridized carbons (Fsp3) is 0.263. The summed E-state index contributed by atoms with van der Waals surface area (Å²) in [6, 6.07) is 12.9. The molecule has 0 aliphatic heterocycles. The zero-order chi connectivity index (χ0) is 18.8. The lowest BCUT2D eigenvalue weighted by Gasteiger charge is -2.25. The summed E-state index contributed by atoms with van der Waals surface area (Å²) in [4.78, 5) is 17.9. The predicted octanol–water partition coefficient (Wildman–Crippen LogP) is 3.37. The highest BCUT2D eigenvalue weighted by Crippen LogP contribution is 2.14. The standard InChI is InChI=1S/C19H20N4O2S/c1-2-25-18(24)16-7-3-8-17(12-16)22-19(26)23(11-5-9-20)14-15-6-4-10-21-13-15/h3-4,6-8,10,12-13H,2,5,11,14H2,1H3,(H,22,26). The first-order chi connectivity index (χ1) is 12.6. The summed E-state index contributed by atoms with van der Waals surface area (Å²) in [5.74, 6) is -0.376. The van der Waals surface area contributed by atoms with Gasteiger partial charge in [0.15, 0.2) is 5.11 Å². The molecule has 1 aromatic carbocycles. The normalized spacial score (nSPS) is 9.85. The molecule has 1 aromatic heterocycles. The molecule has 0 atom stereocenters. The van der Waals surface area contributed by atoms with Crippen LogP contribution in [0.25, 0.3) is 0 Å². The second-order valence-electron chi connectivity index (χ2n) is 5.42. The van der Waals surface area contributed by atoms with Crippen LogP contribution in [0.3, 0.4) is 0 Å². The van der Waals surface area contributed by atoms with E-state index in [9.17, 15) is 4.79 Å². The van der Waals surface area contributed by atoms with Gasteiger partial charge in [-0.1, -0.05) is 12.1 Å². The van der Waals surface area contributed by atoms with Gasteiger partial charge in [0.05, 0.1) is 24.7 Å². The maximum absolute atomic E-state index is 11.9. The smallest absolute Gasteiger partial charge is 0.338 e. The van der Waals surface area contributed by atoms with Crippen LogP contribution < -0.4 is 5.32 Å². The van der Waals surface area contributed by atoms with E-state index in [4.69, 9.17) is 22.2 Å². The number of ether oxygens (including phenoxy) is 1. The van der Waals surface area contributed by atoms with Crippen LogP contribution >= 0.6 is 12.2 Å². The van der Waals surface area contributed by atoms with Gasteiger partial charge in [0.2, 0.25) is 0 Å². The van der Waals surface area contributed by atoms with Gasteiger partial charge in [0.25, 0.3) is 0 Å². The summed E-state index contributed by atoms with van der Waals surface area (Å²) >= 11 is 5.50. The first-order valence-electron chi connectivity index (χ1n) is 8.23. The first kappa shape index (κ1) is 19.3. The third-order valence-corrected chi connectivity index (χ3v) is 3.86. The predicted molar refractivity (Wildman–Crippen MR) is 103 cm³/mol. The Balaban J connectivity index is 2.09. The number of nitrogens with zero attached hydrogens (tertiary/aromatic N) is 3. The minimum Gasteiger partial charge on any atom is -0.462 e.